The van der Waals surface area contributed by atoms with Gasteiger partial charge in [-0.3, -0.25) is 4.79 Å². The highest BCUT2D eigenvalue weighted by Gasteiger charge is 2.22. The number of rotatable bonds is 6. The van der Waals surface area contributed by atoms with E-state index in [2.05, 4.69) is 0 Å². The van der Waals surface area contributed by atoms with E-state index in [4.69, 9.17) is 27.8 Å². The van der Waals surface area contributed by atoms with E-state index in [1.807, 2.05) is 13.8 Å². The van der Waals surface area contributed by atoms with Gasteiger partial charge < -0.3 is 16.2 Å². The third kappa shape index (κ3) is 3.62. The first kappa shape index (κ1) is 14.8. The summed E-state index contributed by atoms with van der Waals surface area (Å²) in [7, 11) is 0. The van der Waals surface area contributed by atoms with Crippen LogP contribution in [-0.4, -0.2) is 18.1 Å². The first-order chi connectivity index (χ1) is 8.41. The fourth-order valence-corrected chi connectivity index (χ4v) is 1.66. The summed E-state index contributed by atoms with van der Waals surface area (Å²) in [5.41, 5.74) is 11.3. The zero-order valence-corrected chi connectivity index (χ0v) is 11.5. The van der Waals surface area contributed by atoms with Gasteiger partial charge in [-0.15, -0.1) is 0 Å². The molecule has 0 bridgehead atoms. The molecule has 1 amide bonds. The van der Waals surface area contributed by atoms with Crippen molar-refractivity contribution in [1.29, 1.82) is 0 Å². The second-order valence-electron chi connectivity index (χ2n) is 4.36. The summed E-state index contributed by atoms with van der Waals surface area (Å²) in [4.78, 5) is 11.3. The first-order valence-electron chi connectivity index (χ1n) is 5.93. The van der Waals surface area contributed by atoms with E-state index in [9.17, 15) is 4.79 Å². The molecule has 0 aliphatic rings. The maximum Gasteiger partial charge on any atom is 0.252 e. The molecular weight excluding hydrogens is 252 g/mol. The Kier molecular flexibility index (Phi) is 4.99. The van der Waals surface area contributed by atoms with Gasteiger partial charge in [-0.2, -0.15) is 0 Å². The summed E-state index contributed by atoms with van der Waals surface area (Å²) in [6.07, 6.45) is 1.58. The standard InChI is InChI=1S/C13H19ClN2O2/c1-3-13(16,4-2)8-18-11-7-9(14)5-6-10(11)12(15)17/h5-7H,3-4,8,16H2,1-2H3,(H2,15,17). The second-order valence-corrected chi connectivity index (χ2v) is 4.80. The van der Waals surface area contributed by atoms with Crippen LogP contribution in [-0.2, 0) is 0 Å². The van der Waals surface area contributed by atoms with E-state index in [0.717, 1.165) is 12.8 Å². The number of carbonyl (C=O) groups is 1. The molecule has 0 unspecified atom stereocenters. The van der Waals surface area contributed by atoms with E-state index in [0.29, 0.717) is 22.9 Å². The number of amides is 1. The third-order valence-corrected chi connectivity index (χ3v) is 3.37. The lowest BCUT2D eigenvalue weighted by Crippen LogP contribution is -2.44. The van der Waals surface area contributed by atoms with Gasteiger partial charge >= 0.3 is 0 Å². The minimum absolute atomic E-state index is 0.314. The molecule has 0 heterocycles. The van der Waals surface area contributed by atoms with Crippen molar-refractivity contribution in [3.05, 3.63) is 28.8 Å². The fraction of sp³-hybridized carbons (Fsp3) is 0.462. The van der Waals surface area contributed by atoms with Gasteiger partial charge in [0.2, 0.25) is 0 Å². The lowest BCUT2D eigenvalue weighted by atomic mass is 9.95. The van der Waals surface area contributed by atoms with Gasteiger partial charge in [0, 0.05) is 10.6 Å². The van der Waals surface area contributed by atoms with Crippen molar-refractivity contribution in [2.24, 2.45) is 11.5 Å². The van der Waals surface area contributed by atoms with Crippen molar-refractivity contribution < 1.29 is 9.53 Å². The Labute approximate surface area is 112 Å². The highest BCUT2D eigenvalue weighted by atomic mass is 35.5. The number of carbonyl (C=O) groups excluding carboxylic acids is 1. The summed E-state index contributed by atoms with van der Waals surface area (Å²) in [6.45, 7) is 4.32. The molecule has 1 rings (SSSR count). The van der Waals surface area contributed by atoms with Crippen molar-refractivity contribution in [1.82, 2.24) is 0 Å². The average molecular weight is 271 g/mol. The molecule has 1 aromatic carbocycles. The lowest BCUT2D eigenvalue weighted by molar-refractivity contribution is 0.0994. The Balaban J connectivity index is 2.90. The van der Waals surface area contributed by atoms with Crippen LogP contribution in [0.25, 0.3) is 0 Å². The van der Waals surface area contributed by atoms with E-state index in [1.54, 1.807) is 18.2 Å². The van der Waals surface area contributed by atoms with Crippen LogP contribution in [0.1, 0.15) is 37.0 Å². The Hall–Kier alpha value is -1.26. The summed E-state index contributed by atoms with van der Waals surface area (Å²) < 4.78 is 5.62. The molecule has 4 N–H and O–H groups in total. The Morgan fingerprint density at radius 2 is 2.00 bits per heavy atom. The van der Waals surface area contributed by atoms with Crippen molar-refractivity contribution >= 4 is 17.5 Å². The van der Waals surface area contributed by atoms with Crippen LogP contribution in [0, 0.1) is 0 Å². The average Bonchev–Trinajstić information content (AvgIpc) is 2.35. The SMILES string of the molecule is CCC(N)(CC)COc1cc(Cl)ccc1C(N)=O. The smallest absolute Gasteiger partial charge is 0.252 e. The molecule has 1 aromatic rings. The van der Waals surface area contributed by atoms with Crippen LogP contribution in [0.4, 0.5) is 0 Å². The lowest BCUT2D eigenvalue weighted by Gasteiger charge is -2.26. The van der Waals surface area contributed by atoms with Crippen molar-refractivity contribution in [3.8, 4) is 5.75 Å². The second kappa shape index (κ2) is 6.07. The Bertz CT molecular complexity index is 431. The molecule has 0 saturated heterocycles. The molecule has 0 fully saturated rings. The number of nitrogens with two attached hydrogens (primary N) is 2. The summed E-state index contributed by atoms with van der Waals surface area (Å²) in [5, 5.41) is 0.491. The van der Waals surface area contributed by atoms with Crippen LogP contribution in [0.3, 0.4) is 0 Å². The monoisotopic (exact) mass is 270 g/mol. The normalized spacial score (nSPS) is 11.3. The maximum atomic E-state index is 11.3. The molecule has 0 atom stereocenters. The van der Waals surface area contributed by atoms with Crippen molar-refractivity contribution in [2.45, 2.75) is 32.2 Å². The van der Waals surface area contributed by atoms with Gasteiger partial charge in [-0.25, -0.2) is 0 Å². The first-order valence-corrected chi connectivity index (χ1v) is 6.30. The molecule has 0 aromatic heterocycles. The van der Waals surface area contributed by atoms with Gasteiger partial charge in [-0.05, 0) is 31.0 Å². The van der Waals surface area contributed by atoms with Crippen LogP contribution >= 0.6 is 11.6 Å². The summed E-state index contributed by atoms with van der Waals surface area (Å²) in [6, 6.07) is 4.73. The molecule has 100 valence electrons. The Morgan fingerprint density at radius 1 is 1.39 bits per heavy atom. The highest BCUT2D eigenvalue weighted by molar-refractivity contribution is 6.30. The van der Waals surface area contributed by atoms with E-state index < -0.39 is 11.4 Å². The van der Waals surface area contributed by atoms with E-state index >= 15 is 0 Å². The van der Waals surface area contributed by atoms with Gasteiger partial charge in [0.05, 0.1) is 5.56 Å². The Morgan fingerprint density at radius 3 is 2.50 bits per heavy atom. The predicted molar refractivity (Wildman–Crippen MR) is 73.0 cm³/mol. The number of hydrogen-bond donors (Lipinski definition) is 2. The number of primary amides is 1. The molecule has 0 radical (unpaired) electrons. The van der Waals surface area contributed by atoms with Crippen LogP contribution < -0.4 is 16.2 Å². The van der Waals surface area contributed by atoms with Gasteiger partial charge in [-0.1, -0.05) is 25.4 Å². The van der Waals surface area contributed by atoms with Crippen molar-refractivity contribution in [2.75, 3.05) is 6.61 Å². The van der Waals surface area contributed by atoms with E-state index in [-0.39, 0.29) is 0 Å². The zero-order chi connectivity index (χ0) is 13.8. The molecule has 4 nitrogen and oxygen atoms in total. The van der Waals surface area contributed by atoms with Gasteiger partial charge in [0.15, 0.2) is 0 Å². The topological polar surface area (TPSA) is 78.3 Å². The molecule has 0 saturated carbocycles. The summed E-state index contributed by atoms with van der Waals surface area (Å²) in [5.74, 6) is -0.163. The van der Waals surface area contributed by atoms with Crippen LogP contribution in [0.15, 0.2) is 18.2 Å². The van der Waals surface area contributed by atoms with Crippen molar-refractivity contribution in [3.63, 3.8) is 0 Å². The van der Waals surface area contributed by atoms with E-state index in [1.165, 1.54) is 0 Å². The number of ether oxygens (including phenoxy) is 1. The fourth-order valence-electron chi connectivity index (χ4n) is 1.49. The molecule has 0 aliphatic carbocycles. The largest absolute Gasteiger partial charge is 0.491 e. The molecule has 18 heavy (non-hydrogen) atoms. The minimum atomic E-state index is -0.544. The van der Waals surface area contributed by atoms with Gasteiger partial charge in [0.25, 0.3) is 5.91 Å². The number of benzene rings is 1. The van der Waals surface area contributed by atoms with Crippen LogP contribution in [0.5, 0.6) is 5.75 Å². The minimum Gasteiger partial charge on any atom is -0.491 e. The highest BCUT2D eigenvalue weighted by Crippen LogP contribution is 2.24. The predicted octanol–water partition coefficient (Wildman–Crippen LogP) is 2.34. The number of hydrogen-bond acceptors (Lipinski definition) is 3. The maximum absolute atomic E-state index is 11.3. The molecule has 0 spiro atoms. The summed E-state index contributed by atoms with van der Waals surface area (Å²) >= 11 is 5.88. The number of halogens is 1. The van der Waals surface area contributed by atoms with Gasteiger partial charge in [0.1, 0.15) is 12.4 Å². The molecular formula is C13H19ClN2O2. The zero-order valence-electron chi connectivity index (χ0n) is 10.7. The molecule has 5 heteroatoms. The quantitative estimate of drug-likeness (QED) is 0.833. The van der Waals surface area contributed by atoms with Crippen LogP contribution in [0.2, 0.25) is 5.02 Å². The molecule has 0 aliphatic heterocycles. The third-order valence-electron chi connectivity index (χ3n) is 3.13.